The number of hydrogen-bond acceptors (Lipinski definition) is 4. The standard InChI is InChI=1S/C18H21NO5/c20-16(19-18(17(21)22)5-1-2-6-18)13-10-12(13)11-3-4-14-15(9-11)24-8-7-23-14/h3-4,9,12-13H,1-2,5-8,10H2,(H,19,20)(H,21,22). The predicted octanol–water partition coefficient (Wildman–Crippen LogP) is 2.07. The van der Waals surface area contributed by atoms with E-state index < -0.39 is 11.5 Å². The quantitative estimate of drug-likeness (QED) is 0.882. The Morgan fingerprint density at radius 2 is 1.83 bits per heavy atom. The summed E-state index contributed by atoms with van der Waals surface area (Å²) in [5.41, 5.74) is -0.00740. The fourth-order valence-electron chi connectivity index (χ4n) is 3.84. The number of carboxylic acids is 1. The molecule has 128 valence electrons. The summed E-state index contributed by atoms with van der Waals surface area (Å²) in [6.45, 7) is 1.09. The summed E-state index contributed by atoms with van der Waals surface area (Å²) in [4.78, 5) is 24.1. The fraction of sp³-hybridized carbons (Fsp3) is 0.556. The van der Waals surface area contributed by atoms with Crippen molar-refractivity contribution in [3.8, 4) is 11.5 Å². The number of benzene rings is 1. The van der Waals surface area contributed by atoms with Crippen molar-refractivity contribution in [2.45, 2.75) is 43.6 Å². The smallest absolute Gasteiger partial charge is 0.329 e. The minimum atomic E-state index is -1.06. The Morgan fingerprint density at radius 3 is 2.54 bits per heavy atom. The molecule has 0 spiro atoms. The molecule has 2 N–H and O–H groups in total. The molecule has 1 aromatic rings. The van der Waals surface area contributed by atoms with Gasteiger partial charge in [-0.1, -0.05) is 18.9 Å². The van der Waals surface area contributed by atoms with Gasteiger partial charge in [-0.2, -0.15) is 0 Å². The highest BCUT2D eigenvalue weighted by molar-refractivity contribution is 5.90. The summed E-state index contributed by atoms with van der Waals surface area (Å²) >= 11 is 0. The number of aliphatic carboxylic acids is 1. The number of carbonyl (C=O) groups is 2. The van der Waals surface area contributed by atoms with E-state index in [1.54, 1.807) is 0 Å². The molecular weight excluding hydrogens is 310 g/mol. The molecule has 1 aromatic carbocycles. The van der Waals surface area contributed by atoms with Crippen LogP contribution in [0.3, 0.4) is 0 Å². The summed E-state index contributed by atoms with van der Waals surface area (Å²) in [7, 11) is 0. The van der Waals surface area contributed by atoms with E-state index in [9.17, 15) is 14.7 Å². The van der Waals surface area contributed by atoms with Gasteiger partial charge in [-0.25, -0.2) is 4.79 Å². The number of ether oxygens (including phenoxy) is 2. The van der Waals surface area contributed by atoms with Crippen LogP contribution in [0.1, 0.15) is 43.6 Å². The molecule has 2 aliphatic carbocycles. The number of fused-ring (bicyclic) bond motifs is 1. The summed E-state index contributed by atoms with van der Waals surface area (Å²) in [5, 5.41) is 12.3. The van der Waals surface area contributed by atoms with Gasteiger partial charge >= 0.3 is 5.97 Å². The summed E-state index contributed by atoms with van der Waals surface area (Å²) in [6.07, 6.45) is 3.50. The summed E-state index contributed by atoms with van der Waals surface area (Å²) in [5.74, 6) is 0.395. The van der Waals surface area contributed by atoms with Crippen molar-refractivity contribution in [3.05, 3.63) is 23.8 Å². The molecule has 4 rings (SSSR count). The third-order valence-corrected chi connectivity index (χ3v) is 5.35. The van der Waals surface area contributed by atoms with Crippen LogP contribution in [0, 0.1) is 5.92 Å². The van der Waals surface area contributed by atoms with E-state index in [0.29, 0.717) is 26.1 Å². The van der Waals surface area contributed by atoms with Crippen LogP contribution < -0.4 is 14.8 Å². The fourth-order valence-corrected chi connectivity index (χ4v) is 3.84. The third-order valence-electron chi connectivity index (χ3n) is 5.35. The molecule has 2 unspecified atom stereocenters. The van der Waals surface area contributed by atoms with Gasteiger partial charge in [0.05, 0.1) is 0 Å². The Balaban J connectivity index is 1.44. The third kappa shape index (κ3) is 2.60. The zero-order chi connectivity index (χ0) is 16.7. The van der Waals surface area contributed by atoms with E-state index >= 15 is 0 Å². The SMILES string of the molecule is O=C(NC1(C(=O)O)CCCC1)C1CC1c1ccc2c(c1)OCCO2. The first-order valence-electron chi connectivity index (χ1n) is 8.54. The minimum Gasteiger partial charge on any atom is -0.486 e. The Hall–Kier alpha value is -2.24. The molecular formula is C18H21NO5. The second-order valence-electron chi connectivity index (χ2n) is 6.94. The Kier molecular flexibility index (Phi) is 3.62. The summed E-state index contributed by atoms with van der Waals surface area (Å²) in [6, 6.07) is 5.79. The van der Waals surface area contributed by atoms with Crippen molar-refractivity contribution in [1.29, 1.82) is 0 Å². The first kappa shape index (κ1) is 15.3. The predicted molar refractivity (Wildman–Crippen MR) is 85.3 cm³/mol. The largest absolute Gasteiger partial charge is 0.486 e. The monoisotopic (exact) mass is 331 g/mol. The molecule has 1 amide bonds. The maximum atomic E-state index is 12.5. The highest BCUT2D eigenvalue weighted by atomic mass is 16.6. The zero-order valence-corrected chi connectivity index (χ0v) is 13.4. The first-order chi connectivity index (χ1) is 11.6. The molecule has 2 saturated carbocycles. The van der Waals surface area contributed by atoms with E-state index in [4.69, 9.17) is 9.47 Å². The van der Waals surface area contributed by atoms with E-state index in [0.717, 1.165) is 36.3 Å². The number of carboxylic acid groups (broad SMARTS) is 1. The van der Waals surface area contributed by atoms with Crippen molar-refractivity contribution in [1.82, 2.24) is 5.32 Å². The van der Waals surface area contributed by atoms with Gasteiger partial charge in [0, 0.05) is 5.92 Å². The van der Waals surface area contributed by atoms with Gasteiger partial charge in [-0.05, 0) is 42.9 Å². The highest BCUT2D eigenvalue weighted by Crippen LogP contribution is 2.50. The molecule has 2 atom stereocenters. The van der Waals surface area contributed by atoms with Gasteiger partial charge in [0.2, 0.25) is 5.91 Å². The second kappa shape index (κ2) is 5.69. The molecule has 0 radical (unpaired) electrons. The maximum absolute atomic E-state index is 12.5. The average molecular weight is 331 g/mol. The lowest BCUT2D eigenvalue weighted by Gasteiger charge is -2.25. The normalized spacial score (nSPS) is 26.7. The van der Waals surface area contributed by atoms with Crippen LogP contribution in [-0.4, -0.2) is 35.7 Å². The van der Waals surface area contributed by atoms with E-state index in [2.05, 4.69) is 5.32 Å². The van der Waals surface area contributed by atoms with Gasteiger partial charge in [-0.15, -0.1) is 0 Å². The Morgan fingerprint density at radius 1 is 1.12 bits per heavy atom. The molecule has 6 nitrogen and oxygen atoms in total. The Labute approximate surface area is 140 Å². The van der Waals surface area contributed by atoms with Crippen LogP contribution in [0.15, 0.2) is 18.2 Å². The molecule has 1 heterocycles. The minimum absolute atomic E-state index is 0.132. The van der Waals surface area contributed by atoms with Gasteiger partial charge in [0.15, 0.2) is 11.5 Å². The van der Waals surface area contributed by atoms with Gasteiger partial charge in [-0.3, -0.25) is 4.79 Å². The second-order valence-corrected chi connectivity index (χ2v) is 6.94. The molecule has 3 aliphatic rings. The van der Waals surface area contributed by atoms with Crippen LogP contribution in [0.2, 0.25) is 0 Å². The zero-order valence-electron chi connectivity index (χ0n) is 13.4. The van der Waals surface area contributed by atoms with Gasteiger partial charge < -0.3 is 19.9 Å². The van der Waals surface area contributed by atoms with E-state index in [1.165, 1.54) is 0 Å². The average Bonchev–Trinajstić information content (AvgIpc) is 3.26. The number of carbonyl (C=O) groups excluding carboxylic acids is 1. The topological polar surface area (TPSA) is 84.9 Å². The molecule has 24 heavy (non-hydrogen) atoms. The van der Waals surface area contributed by atoms with E-state index in [1.807, 2.05) is 18.2 Å². The molecule has 2 fully saturated rings. The summed E-state index contributed by atoms with van der Waals surface area (Å²) < 4.78 is 11.1. The van der Waals surface area contributed by atoms with E-state index in [-0.39, 0.29) is 17.7 Å². The lowest BCUT2D eigenvalue weighted by molar-refractivity contribution is -0.147. The number of rotatable bonds is 4. The Bertz CT molecular complexity index is 680. The molecule has 0 bridgehead atoms. The van der Waals surface area contributed by atoms with Crippen LogP contribution >= 0.6 is 0 Å². The molecule has 1 aliphatic heterocycles. The molecule has 6 heteroatoms. The number of nitrogens with one attached hydrogen (secondary N) is 1. The van der Waals surface area contributed by atoms with Crippen molar-refractivity contribution < 1.29 is 24.2 Å². The van der Waals surface area contributed by atoms with Crippen molar-refractivity contribution in [3.63, 3.8) is 0 Å². The molecule has 0 saturated heterocycles. The van der Waals surface area contributed by atoms with Crippen LogP contribution in [-0.2, 0) is 9.59 Å². The van der Waals surface area contributed by atoms with Gasteiger partial charge in [0.25, 0.3) is 0 Å². The number of amides is 1. The first-order valence-corrected chi connectivity index (χ1v) is 8.54. The maximum Gasteiger partial charge on any atom is 0.329 e. The van der Waals surface area contributed by atoms with Crippen molar-refractivity contribution in [2.24, 2.45) is 5.92 Å². The lowest BCUT2D eigenvalue weighted by Crippen LogP contribution is -2.53. The lowest BCUT2D eigenvalue weighted by atomic mass is 9.97. The van der Waals surface area contributed by atoms with Crippen LogP contribution in [0.4, 0.5) is 0 Å². The van der Waals surface area contributed by atoms with Crippen molar-refractivity contribution in [2.75, 3.05) is 13.2 Å². The number of hydrogen-bond donors (Lipinski definition) is 2. The van der Waals surface area contributed by atoms with Crippen LogP contribution in [0.5, 0.6) is 11.5 Å². The highest BCUT2D eigenvalue weighted by Gasteiger charge is 2.49. The van der Waals surface area contributed by atoms with Crippen molar-refractivity contribution >= 4 is 11.9 Å². The van der Waals surface area contributed by atoms with Gasteiger partial charge in [0.1, 0.15) is 18.8 Å². The van der Waals surface area contributed by atoms with Crippen LogP contribution in [0.25, 0.3) is 0 Å². The molecule has 0 aromatic heterocycles.